The number of fused-ring (bicyclic) bond motifs is 1. The number of amides is 1. The Hall–Kier alpha value is -2.47. The number of aryl methyl sites for hydroxylation is 2. The van der Waals surface area contributed by atoms with Crippen LogP contribution in [0.3, 0.4) is 0 Å². The van der Waals surface area contributed by atoms with Crippen LogP contribution in [0.2, 0.25) is 0 Å². The standard InChI is InChI=1S/C17H15FN2O2S/c1-10-7-14-16(23-10)12(9-21)15(20(14)2)17(22)19-8-11-5-3-4-6-13(11)18/h3-7,9H,8H2,1-2H3,(H,19,22). The fraction of sp³-hybridized carbons (Fsp3) is 0.176. The number of benzene rings is 1. The molecule has 0 fully saturated rings. The molecule has 0 bridgehead atoms. The lowest BCUT2D eigenvalue weighted by Crippen LogP contribution is -2.26. The van der Waals surface area contributed by atoms with Crippen LogP contribution in [0.4, 0.5) is 4.39 Å². The number of aldehydes is 1. The van der Waals surface area contributed by atoms with Crippen LogP contribution in [-0.2, 0) is 13.6 Å². The zero-order valence-corrected chi connectivity index (χ0v) is 13.5. The van der Waals surface area contributed by atoms with Gasteiger partial charge in [-0.2, -0.15) is 0 Å². The molecule has 0 saturated heterocycles. The van der Waals surface area contributed by atoms with E-state index in [2.05, 4.69) is 5.32 Å². The zero-order valence-electron chi connectivity index (χ0n) is 12.7. The van der Waals surface area contributed by atoms with Crippen molar-refractivity contribution < 1.29 is 14.0 Å². The number of nitrogens with zero attached hydrogens (tertiary/aromatic N) is 1. The van der Waals surface area contributed by atoms with Gasteiger partial charge in [0.25, 0.3) is 5.91 Å². The Bertz CT molecular complexity index is 911. The summed E-state index contributed by atoms with van der Waals surface area (Å²) >= 11 is 1.48. The van der Waals surface area contributed by atoms with Gasteiger partial charge < -0.3 is 9.88 Å². The molecule has 2 heterocycles. The van der Waals surface area contributed by atoms with Crippen molar-refractivity contribution in [2.45, 2.75) is 13.5 Å². The smallest absolute Gasteiger partial charge is 0.268 e. The molecule has 0 unspecified atom stereocenters. The van der Waals surface area contributed by atoms with Crippen LogP contribution in [-0.4, -0.2) is 16.8 Å². The molecule has 3 rings (SSSR count). The maximum atomic E-state index is 13.6. The lowest BCUT2D eigenvalue weighted by atomic mass is 10.2. The summed E-state index contributed by atoms with van der Waals surface area (Å²) in [6.45, 7) is 2.03. The van der Waals surface area contributed by atoms with Crippen molar-refractivity contribution >= 4 is 33.7 Å². The van der Waals surface area contributed by atoms with Crippen molar-refractivity contribution in [1.82, 2.24) is 9.88 Å². The quantitative estimate of drug-likeness (QED) is 0.745. The van der Waals surface area contributed by atoms with E-state index < -0.39 is 0 Å². The summed E-state index contributed by atoms with van der Waals surface area (Å²) in [7, 11) is 1.75. The summed E-state index contributed by atoms with van der Waals surface area (Å²) < 4.78 is 16.1. The van der Waals surface area contributed by atoms with E-state index in [0.717, 1.165) is 15.1 Å². The summed E-state index contributed by atoms with van der Waals surface area (Å²) in [4.78, 5) is 25.0. The molecule has 2 aromatic heterocycles. The van der Waals surface area contributed by atoms with Gasteiger partial charge in [-0.1, -0.05) is 18.2 Å². The lowest BCUT2D eigenvalue weighted by Gasteiger charge is -2.08. The normalized spacial score (nSPS) is 10.9. The number of hydrogen-bond acceptors (Lipinski definition) is 3. The van der Waals surface area contributed by atoms with Gasteiger partial charge in [0.1, 0.15) is 11.5 Å². The van der Waals surface area contributed by atoms with Crippen LogP contribution in [0.25, 0.3) is 10.2 Å². The van der Waals surface area contributed by atoms with E-state index in [-0.39, 0.29) is 18.3 Å². The van der Waals surface area contributed by atoms with Gasteiger partial charge >= 0.3 is 0 Å². The first kappa shape index (κ1) is 15.4. The number of carbonyl (C=O) groups excluding carboxylic acids is 2. The molecule has 6 heteroatoms. The minimum Gasteiger partial charge on any atom is -0.347 e. The van der Waals surface area contributed by atoms with Gasteiger partial charge in [0.2, 0.25) is 0 Å². The predicted molar refractivity (Wildman–Crippen MR) is 88.5 cm³/mol. The molecule has 118 valence electrons. The Labute approximate surface area is 136 Å². The van der Waals surface area contributed by atoms with Crippen molar-refractivity contribution in [3.8, 4) is 0 Å². The predicted octanol–water partition coefficient (Wildman–Crippen LogP) is 3.43. The van der Waals surface area contributed by atoms with Crippen molar-refractivity contribution in [3.05, 3.63) is 57.8 Å². The van der Waals surface area contributed by atoms with Crippen LogP contribution in [0.15, 0.2) is 30.3 Å². The van der Waals surface area contributed by atoms with Crippen molar-refractivity contribution in [2.75, 3.05) is 0 Å². The van der Waals surface area contributed by atoms with Gasteiger partial charge in [-0.25, -0.2) is 4.39 Å². The molecule has 1 amide bonds. The number of nitrogens with one attached hydrogen (secondary N) is 1. The van der Waals surface area contributed by atoms with Gasteiger partial charge in [0.05, 0.1) is 15.8 Å². The molecule has 4 nitrogen and oxygen atoms in total. The maximum absolute atomic E-state index is 13.6. The van der Waals surface area contributed by atoms with Crippen LogP contribution in [0.5, 0.6) is 0 Å². The second kappa shape index (κ2) is 5.96. The van der Waals surface area contributed by atoms with Crippen molar-refractivity contribution in [2.24, 2.45) is 7.05 Å². The number of halogens is 1. The number of thiophene rings is 1. The molecular weight excluding hydrogens is 315 g/mol. The third-order valence-electron chi connectivity index (χ3n) is 3.76. The fourth-order valence-corrected chi connectivity index (χ4v) is 3.68. The van der Waals surface area contributed by atoms with E-state index in [1.807, 2.05) is 13.0 Å². The van der Waals surface area contributed by atoms with Crippen LogP contribution < -0.4 is 5.32 Å². The average Bonchev–Trinajstić information content (AvgIpc) is 3.02. The van der Waals surface area contributed by atoms with Gasteiger partial charge in [-0.05, 0) is 19.1 Å². The van der Waals surface area contributed by atoms with Gasteiger partial charge in [0.15, 0.2) is 6.29 Å². The third kappa shape index (κ3) is 2.66. The summed E-state index contributed by atoms with van der Waals surface area (Å²) in [5, 5.41) is 2.68. The number of rotatable bonds is 4. The highest BCUT2D eigenvalue weighted by Crippen LogP contribution is 2.31. The largest absolute Gasteiger partial charge is 0.347 e. The SMILES string of the molecule is Cc1cc2c(s1)c(C=O)c(C(=O)NCc1ccccc1F)n2C. The van der Waals surface area contributed by atoms with Crippen molar-refractivity contribution in [1.29, 1.82) is 0 Å². The first-order valence-electron chi connectivity index (χ1n) is 7.08. The fourth-order valence-electron chi connectivity index (χ4n) is 2.64. The highest BCUT2D eigenvalue weighted by Gasteiger charge is 2.22. The molecule has 1 aromatic carbocycles. The minimum absolute atomic E-state index is 0.0711. The van der Waals surface area contributed by atoms with Gasteiger partial charge in [0, 0.05) is 24.0 Å². The van der Waals surface area contributed by atoms with E-state index in [1.54, 1.807) is 29.8 Å². The van der Waals surface area contributed by atoms with E-state index in [1.165, 1.54) is 17.4 Å². The first-order valence-corrected chi connectivity index (χ1v) is 7.90. The molecule has 1 N–H and O–H groups in total. The van der Waals surface area contributed by atoms with Gasteiger partial charge in [-0.3, -0.25) is 9.59 Å². The second-order valence-electron chi connectivity index (χ2n) is 5.28. The first-order chi connectivity index (χ1) is 11.0. The summed E-state index contributed by atoms with van der Waals surface area (Å²) in [5.74, 6) is -0.759. The minimum atomic E-state index is -0.390. The molecule has 0 spiro atoms. The molecule has 23 heavy (non-hydrogen) atoms. The molecule has 0 aliphatic carbocycles. The number of hydrogen-bond donors (Lipinski definition) is 1. The van der Waals surface area contributed by atoms with Gasteiger partial charge in [-0.15, -0.1) is 11.3 Å². The van der Waals surface area contributed by atoms with Crippen LogP contribution >= 0.6 is 11.3 Å². The topological polar surface area (TPSA) is 51.1 Å². The highest BCUT2D eigenvalue weighted by molar-refractivity contribution is 7.19. The molecule has 3 aromatic rings. The Kier molecular flexibility index (Phi) is 4.00. The number of aromatic nitrogens is 1. The Morgan fingerprint density at radius 3 is 2.83 bits per heavy atom. The molecule has 0 atom stereocenters. The molecule has 0 aliphatic rings. The van der Waals surface area contributed by atoms with Crippen LogP contribution in [0.1, 0.15) is 31.3 Å². The molecule has 0 radical (unpaired) electrons. The van der Waals surface area contributed by atoms with E-state index in [0.29, 0.717) is 23.1 Å². The molecule has 0 aliphatic heterocycles. The highest BCUT2D eigenvalue weighted by atomic mass is 32.1. The van der Waals surface area contributed by atoms with Crippen LogP contribution in [0, 0.1) is 12.7 Å². The van der Waals surface area contributed by atoms with E-state index in [4.69, 9.17) is 0 Å². The van der Waals surface area contributed by atoms with E-state index >= 15 is 0 Å². The summed E-state index contributed by atoms with van der Waals surface area (Å²) in [6.07, 6.45) is 0.705. The number of carbonyl (C=O) groups is 2. The Morgan fingerprint density at radius 1 is 1.39 bits per heavy atom. The lowest BCUT2D eigenvalue weighted by molar-refractivity contribution is 0.0937. The summed E-state index contributed by atoms with van der Waals surface area (Å²) in [6, 6.07) is 8.21. The van der Waals surface area contributed by atoms with E-state index in [9.17, 15) is 14.0 Å². The third-order valence-corrected chi connectivity index (χ3v) is 4.84. The molecular formula is C17H15FN2O2S. The molecule has 0 saturated carbocycles. The summed E-state index contributed by atoms with van der Waals surface area (Å²) in [5.41, 5.74) is 1.94. The Morgan fingerprint density at radius 2 is 2.13 bits per heavy atom. The Balaban J connectivity index is 1.92. The zero-order chi connectivity index (χ0) is 16.6. The monoisotopic (exact) mass is 330 g/mol. The maximum Gasteiger partial charge on any atom is 0.268 e. The average molecular weight is 330 g/mol. The second-order valence-corrected chi connectivity index (χ2v) is 6.54. The van der Waals surface area contributed by atoms with Crippen molar-refractivity contribution in [3.63, 3.8) is 0 Å².